The van der Waals surface area contributed by atoms with Crippen LogP contribution in [0.3, 0.4) is 0 Å². The van der Waals surface area contributed by atoms with Gasteiger partial charge < -0.3 is 9.30 Å². The molecule has 0 amide bonds. The third kappa shape index (κ3) is 3.37. The summed E-state index contributed by atoms with van der Waals surface area (Å²) in [5.41, 5.74) is -0.288. The van der Waals surface area contributed by atoms with Gasteiger partial charge >= 0.3 is 5.69 Å². The predicted octanol–water partition coefficient (Wildman–Crippen LogP) is 0.193. The lowest BCUT2D eigenvalue weighted by molar-refractivity contribution is -0.119. The van der Waals surface area contributed by atoms with Crippen molar-refractivity contribution in [3.8, 4) is 0 Å². The standard InChI is InChI=1S/C18H27N5O4/c1-10-7-22(8-11(2)27-10)9-14-19-16-15(23(14)12(3)13(4)24)17(25)21(6)18(26)20(16)5/h10-12H,7-9H2,1-6H3. The molecule has 0 saturated carbocycles. The van der Waals surface area contributed by atoms with Gasteiger partial charge in [0.2, 0.25) is 0 Å². The number of ketones is 1. The van der Waals surface area contributed by atoms with Crippen molar-refractivity contribution in [3.63, 3.8) is 0 Å². The first-order chi connectivity index (χ1) is 12.6. The second kappa shape index (κ2) is 7.05. The summed E-state index contributed by atoms with van der Waals surface area (Å²) in [6, 6.07) is -0.550. The maximum Gasteiger partial charge on any atom is 0.332 e. The third-order valence-corrected chi connectivity index (χ3v) is 5.20. The first-order valence-corrected chi connectivity index (χ1v) is 9.16. The van der Waals surface area contributed by atoms with Gasteiger partial charge in [0.05, 0.1) is 24.8 Å². The molecule has 1 aliphatic rings. The van der Waals surface area contributed by atoms with Crippen LogP contribution in [0.5, 0.6) is 0 Å². The van der Waals surface area contributed by atoms with E-state index in [4.69, 9.17) is 4.74 Å². The lowest BCUT2D eigenvalue weighted by atomic mass is 10.2. The smallest absolute Gasteiger partial charge is 0.332 e. The Morgan fingerprint density at radius 2 is 1.78 bits per heavy atom. The van der Waals surface area contributed by atoms with Crippen LogP contribution in [0.25, 0.3) is 11.2 Å². The summed E-state index contributed by atoms with van der Waals surface area (Å²) in [4.78, 5) is 44.0. The van der Waals surface area contributed by atoms with Gasteiger partial charge in [0.15, 0.2) is 16.9 Å². The van der Waals surface area contributed by atoms with Crippen LogP contribution in [-0.2, 0) is 30.2 Å². The summed E-state index contributed by atoms with van der Waals surface area (Å²) in [6.45, 7) is 9.22. The number of aryl methyl sites for hydroxylation is 1. The molecule has 0 radical (unpaired) electrons. The zero-order chi connectivity index (χ0) is 20.0. The van der Waals surface area contributed by atoms with Crippen molar-refractivity contribution in [2.24, 2.45) is 14.1 Å². The highest BCUT2D eigenvalue weighted by atomic mass is 16.5. The molecule has 3 heterocycles. The van der Waals surface area contributed by atoms with Gasteiger partial charge in [-0.3, -0.25) is 23.6 Å². The molecule has 3 atom stereocenters. The normalized spacial score (nSPS) is 22.3. The van der Waals surface area contributed by atoms with Crippen LogP contribution in [-0.4, -0.2) is 54.7 Å². The molecule has 1 saturated heterocycles. The highest BCUT2D eigenvalue weighted by Crippen LogP contribution is 2.21. The minimum absolute atomic E-state index is 0.0739. The fourth-order valence-corrected chi connectivity index (χ4v) is 3.78. The van der Waals surface area contributed by atoms with E-state index in [1.807, 2.05) is 13.8 Å². The van der Waals surface area contributed by atoms with Gasteiger partial charge in [-0.05, 0) is 27.7 Å². The molecule has 0 bridgehead atoms. The number of Topliss-reactive ketones (excluding diaryl/α,β-unsaturated/α-hetero) is 1. The highest BCUT2D eigenvalue weighted by Gasteiger charge is 2.28. The van der Waals surface area contributed by atoms with Gasteiger partial charge in [0.25, 0.3) is 5.56 Å². The van der Waals surface area contributed by atoms with Crippen molar-refractivity contribution in [1.29, 1.82) is 0 Å². The van der Waals surface area contributed by atoms with Gasteiger partial charge in [0, 0.05) is 27.2 Å². The monoisotopic (exact) mass is 377 g/mol. The Balaban J connectivity index is 2.20. The number of fused-ring (bicyclic) bond motifs is 1. The predicted molar refractivity (Wildman–Crippen MR) is 101 cm³/mol. The SMILES string of the molecule is CC(=O)C(C)n1c(CN2CC(C)OC(C)C2)nc2c1c(=O)n(C)c(=O)n2C. The molecule has 2 aromatic heterocycles. The molecule has 9 heteroatoms. The molecular formula is C18H27N5O4. The van der Waals surface area contributed by atoms with Gasteiger partial charge in [-0.15, -0.1) is 0 Å². The Labute approximate surface area is 157 Å². The number of morpholine rings is 1. The Morgan fingerprint density at radius 1 is 1.19 bits per heavy atom. The summed E-state index contributed by atoms with van der Waals surface area (Å²) in [7, 11) is 3.02. The molecule has 148 valence electrons. The zero-order valence-electron chi connectivity index (χ0n) is 16.7. The molecule has 9 nitrogen and oxygen atoms in total. The van der Waals surface area contributed by atoms with Gasteiger partial charge in [-0.1, -0.05) is 0 Å². The summed E-state index contributed by atoms with van der Waals surface area (Å²) >= 11 is 0. The molecule has 0 N–H and O–H groups in total. The van der Waals surface area contributed by atoms with Gasteiger partial charge in [0.1, 0.15) is 5.82 Å². The quantitative estimate of drug-likeness (QED) is 0.756. The second-order valence-corrected chi connectivity index (χ2v) is 7.51. The molecule has 1 aliphatic heterocycles. The van der Waals surface area contributed by atoms with E-state index < -0.39 is 17.3 Å². The van der Waals surface area contributed by atoms with Crippen LogP contribution < -0.4 is 11.2 Å². The van der Waals surface area contributed by atoms with Crippen LogP contribution in [0.2, 0.25) is 0 Å². The van der Waals surface area contributed by atoms with E-state index in [2.05, 4.69) is 9.88 Å². The molecule has 0 aliphatic carbocycles. The average molecular weight is 377 g/mol. The summed E-state index contributed by atoms with van der Waals surface area (Å²) in [5.74, 6) is 0.530. The Bertz CT molecular complexity index is 992. The maximum atomic E-state index is 12.8. The maximum absolute atomic E-state index is 12.8. The van der Waals surface area contributed by atoms with Gasteiger partial charge in [-0.2, -0.15) is 0 Å². The largest absolute Gasteiger partial charge is 0.373 e. The van der Waals surface area contributed by atoms with Crippen molar-refractivity contribution < 1.29 is 9.53 Å². The number of rotatable bonds is 4. The van der Waals surface area contributed by atoms with Crippen LogP contribution in [0.4, 0.5) is 0 Å². The first kappa shape index (κ1) is 19.5. The number of aromatic nitrogens is 4. The van der Waals surface area contributed by atoms with Crippen molar-refractivity contribution in [1.82, 2.24) is 23.6 Å². The highest BCUT2D eigenvalue weighted by molar-refractivity contribution is 5.82. The van der Waals surface area contributed by atoms with E-state index in [1.54, 1.807) is 18.5 Å². The number of nitrogens with zero attached hydrogens (tertiary/aromatic N) is 5. The molecule has 2 aromatic rings. The molecule has 0 aromatic carbocycles. The molecular weight excluding hydrogens is 350 g/mol. The number of imidazole rings is 1. The first-order valence-electron chi connectivity index (χ1n) is 9.16. The molecule has 3 rings (SSSR count). The summed E-state index contributed by atoms with van der Waals surface area (Å²) in [6.07, 6.45) is 0.183. The fourth-order valence-electron chi connectivity index (χ4n) is 3.78. The van der Waals surface area contributed by atoms with Crippen LogP contribution >= 0.6 is 0 Å². The molecule has 0 spiro atoms. The topological polar surface area (TPSA) is 91.4 Å². The fraction of sp³-hybridized carbons (Fsp3) is 0.667. The number of carbonyl (C=O) groups excluding carboxylic acids is 1. The molecule has 1 fully saturated rings. The summed E-state index contributed by atoms with van der Waals surface area (Å²) < 4.78 is 9.87. The third-order valence-electron chi connectivity index (χ3n) is 5.20. The number of carbonyl (C=O) groups is 1. The van der Waals surface area contributed by atoms with Crippen LogP contribution in [0.15, 0.2) is 9.59 Å². The van der Waals surface area contributed by atoms with Crippen molar-refractivity contribution in [3.05, 3.63) is 26.7 Å². The molecule has 3 unspecified atom stereocenters. The second-order valence-electron chi connectivity index (χ2n) is 7.51. The van der Waals surface area contributed by atoms with Crippen molar-refractivity contribution in [2.75, 3.05) is 13.1 Å². The Morgan fingerprint density at radius 3 is 2.33 bits per heavy atom. The average Bonchev–Trinajstić information content (AvgIpc) is 2.95. The van der Waals surface area contributed by atoms with E-state index in [9.17, 15) is 14.4 Å². The number of hydrogen-bond acceptors (Lipinski definition) is 6. The van der Waals surface area contributed by atoms with Gasteiger partial charge in [-0.25, -0.2) is 9.78 Å². The lowest BCUT2D eigenvalue weighted by Crippen LogP contribution is -2.45. The minimum Gasteiger partial charge on any atom is -0.373 e. The van der Waals surface area contributed by atoms with Crippen LogP contribution in [0.1, 0.15) is 39.6 Å². The van der Waals surface area contributed by atoms with E-state index in [1.165, 1.54) is 18.5 Å². The van der Waals surface area contributed by atoms with Crippen LogP contribution in [0, 0.1) is 0 Å². The summed E-state index contributed by atoms with van der Waals surface area (Å²) in [5, 5.41) is 0. The lowest BCUT2D eigenvalue weighted by Gasteiger charge is -2.35. The minimum atomic E-state index is -0.550. The van der Waals surface area contributed by atoms with E-state index in [-0.39, 0.29) is 23.5 Å². The molecule has 27 heavy (non-hydrogen) atoms. The Kier molecular flexibility index (Phi) is 5.09. The van der Waals surface area contributed by atoms with Crippen molar-refractivity contribution in [2.45, 2.75) is 52.5 Å². The Hall–Kier alpha value is -2.26. The van der Waals surface area contributed by atoms with Crippen molar-refractivity contribution >= 4 is 16.9 Å². The van der Waals surface area contributed by atoms with E-state index in [0.717, 1.165) is 17.7 Å². The number of hydrogen-bond donors (Lipinski definition) is 0. The van der Waals surface area contributed by atoms with E-state index >= 15 is 0 Å². The number of ether oxygens (including phenoxy) is 1. The van der Waals surface area contributed by atoms with E-state index in [0.29, 0.717) is 18.0 Å². The zero-order valence-corrected chi connectivity index (χ0v) is 16.7.